The molecule has 30 heavy (non-hydrogen) atoms. The number of para-hydroxylation sites is 1. The number of amides is 1. The second-order valence-electron chi connectivity index (χ2n) is 6.80. The number of hydrogen-bond donors (Lipinski definition) is 0. The van der Waals surface area contributed by atoms with Crippen molar-refractivity contribution >= 4 is 40.3 Å². The van der Waals surface area contributed by atoms with Crippen LogP contribution in [0.1, 0.15) is 5.56 Å². The molecule has 2 aromatic carbocycles. The van der Waals surface area contributed by atoms with Gasteiger partial charge in [-0.2, -0.15) is 0 Å². The van der Waals surface area contributed by atoms with Crippen molar-refractivity contribution in [3.8, 4) is 0 Å². The second kappa shape index (κ2) is 9.21. The maximum Gasteiger partial charge on any atom is 0.270 e. The van der Waals surface area contributed by atoms with E-state index in [1.807, 2.05) is 30.3 Å². The van der Waals surface area contributed by atoms with Crippen LogP contribution in [-0.2, 0) is 9.53 Å². The maximum atomic E-state index is 13.2. The average Bonchev–Trinajstić information content (AvgIpc) is 3.04. The summed E-state index contributed by atoms with van der Waals surface area (Å²) in [5, 5.41) is 11.6. The number of ether oxygens (including phenoxy) is 1. The smallest absolute Gasteiger partial charge is 0.270 e. The van der Waals surface area contributed by atoms with Gasteiger partial charge in [-0.3, -0.25) is 24.7 Å². The fraction of sp³-hybridized carbons (Fsp3) is 0.238. The van der Waals surface area contributed by atoms with Crippen molar-refractivity contribution in [2.45, 2.75) is 0 Å². The van der Waals surface area contributed by atoms with Gasteiger partial charge in [-0.25, -0.2) is 4.99 Å². The summed E-state index contributed by atoms with van der Waals surface area (Å²) in [5.41, 5.74) is 1.35. The van der Waals surface area contributed by atoms with Crippen LogP contribution in [0.5, 0.6) is 0 Å². The van der Waals surface area contributed by atoms with E-state index in [0.717, 1.165) is 18.8 Å². The fourth-order valence-corrected chi connectivity index (χ4v) is 4.14. The molecule has 0 aliphatic carbocycles. The number of morpholine rings is 1. The lowest BCUT2D eigenvalue weighted by molar-refractivity contribution is -0.384. The number of carbonyl (C=O) groups excluding carboxylic acids is 1. The third kappa shape index (κ3) is 4.76. The van der Waals surface area contributed by atoms with Crippen molar-refractivity contribution in [3.05, 3.63) is 75.2 Å². The average molecular weight is 424 g/mol. The van der Waals surface area contributed by atoms with Crippen LogP contribution in [0, 0.1) is 10.1 Å². The van der Waals surface area contributed by atoms with Gasteiger partial charge in [0.25, 0.3) is 11.6 Å². The van der Waals surface area contributed by atoms with E-state index in [0.29, 0.717) is 35.5 Å². The van der Waals surface area contributed by atoms with Gasteiger partial charge in [0, 0.05) is 25.2 Å². The van der Waals surface area contributed by atoms with Crippen LogP contribution < -0.4 is 0 Å². The fourth-order valence-electron chi connectivity index (χ4n) is 3.15. The van der Waals surface area contributed by atoms with E-state index >= 15 is 0 Å². The minimum Gasteiger partial charge on any atom is -0.379 e. The Balaban J connectivity index is 1.64. The molecule has 0 spiro atoms. The molecule has 2 saturated heterocycles. The number of thioether (sulfide) groups is 1. The third-order valence-electron chi connectivity index (χ3n) is 4.69. The van der Waals surface area contributed by atoms with Crippen LogP contribution in [0.3, 0.4) is 0 Å². The predicted molar refractivity (Wildman–Crippen MR) is 116 cm³/mol. The first-order valence-electron chi connectivity index (χ1n) is 9.50. The largest absolute Gasteiger partial charge is 0.379 e. The van der Waals surface area contributed by atoms with Gasteiger partial charge in [0.05, 0.1) is 35.4 Å². The zero-order chi connectivity index (χ0) is 20.9. The van der Waals surface area contributed by atoms with Crippen LogP contribution in [0.4, 0.5) is 11.4 Å². The van der Waals surface area contributed by atoms with Crippen molar-refractivity contribution < 1.29 is 14.5 Å². The normalized spacial score (nSPS) is 20.3. The van der Waals surface area contributed by atoms with E-state index in [2.05, 4.69) is 9.89 Å². The van der Waals surface area contributed by atoms with Gasteiger partial charge in [-0.15, -0.1) is 0 Å². The Morgan fingerprint density at radius 2 is 1.90 bits per heavy atom. The topological polar surface area (TPSA) is 88.3 Å². The standard InChI is InChI=1S/C21H20N4O4S/c26-20-19(14-16-5-4-8-18(13-16)25(27)28)30-21(22-17-6-2-1-3-7-17)24(20)15-23-9-11-29-12-10-23/h1-8,13-14H,9-12,15H2/b19-14+,22-21?. The van der Waals surface area contributed by atoms with Crippen LogP contribution in [-0.4, -0.2) is 58.8 Å². The molecular weight excluding hydrogens is 404 g/mol. The summed E-state index contributed by atoms with van der Waals surface area (Å²) in [4.78, 5) is 32.7. The lowest BCUT2D eigenvalue weighted by Gasteiger charge is -2.30. The molecule has 2 fully saturated rings. The highest BCUT2D eigenvalue weighted by molar-refractivity contribution is 8.18. The first-order valence-corrected chi connectivity index (χ1v) is 10.3. The number of hydrogen-bond acceptors (Lipinski definition) is 7. The monoisotopic (exact) mass is 424 g/mol. The zero-order valence-electron chi connectivity index (χ0n) is 16.1. The van der Waals surface area contributed by atoms with Gasteiger partial charge in [0.2, 0.25) is 0 Å². The van der Waals surface area contributed by atoms with Gasteiger partial charge in [-0.05, 0) is 35.5 Å². The minimum absolute atomic E-state index is 0.0110. The molecule has 0 unspecified atom stereocenters. The van der Waals surface area contributed by atoms with E-state index in [1.165, 1.54) is 23.9 Å². The lowest BCUT2D eigenvalue weighted by Crippen LogP contribution is -2.45. The molecule has 0 radical (unpaired) electrons. The van der Waals surface area contributed by atoms with Crippen LogP contribution in [0.15, 0.2) is 64.5 Å². The number of amidine groups is 1. The summed E-state index contributed by atoms with van der Waals surface area (Å²) in [6, 6.07) is 15.7. The summed E-state index contributed by atoms with van der Waals surface area (Å²) in [5.74, 6) is -0.160. The minimum atomic E-state index is -0.446. The van der Waals surface area contributed by atoms with Gasteiger partial charge in [0.1, 0.15) is 0 Å². The number of nitrogens with zero attached hydrogens (tertiary/aromatic N) is 4. The summed E-state index contributed by atoms with van der Waals surface area (Å²) in [6.07, 6.45) is 1.68. The lowest BCUT2D eigenvalue weighted by atomic mass is 10.2. The Morgan fingerprint density at radius 1 is 1.13 bits per heavy atom. The van der Waals surface area contributed by atoms with E-state index in [4.69, 9.17) is 4.74 Å². The molecule has 1 amide bonds. The quantitative estimate of drug-likeness (QED) is 0.415. The zero-order valence-corrected chi connectivity index (χ0v) is 17.0. The molecule has 2 aromatic rings. The van der Waals surface area contributed by atoms with E-state index in [9.17, 15) is 14.9 Å². The molecule has 8 nitrogen and oxygen atoms in total. The summed E-state index contributed by atoms with van der Waals surface area (Å²) < 4.78 is 5.40. The van der Waals surface area contributed by atoms with Crippen molar-refractivity contribution in [3.63, 3.8) is 0 Å². The number of nitro benzene ring substituents is 1. The SMILES string of the molecule is O=C1/C(=C\c2cccc([N+](=O)[O-])c2)SC(=Nc2ccccc2)N1CN1CCOCC1. The van der Waals surface area contributed by atoms with Crippen LogP contribution >= 0.6 is 11.8 Å². The molecule has 0 bridgehead atoms. The molecule has 154 valence electrons. The van der Waals surface area contributed by atoms with Crippen molar-refractivity contribution in [1.29, 1.82) is 0 Å². The number of nitro groups is 1. The highest BCUT2D eigenvalue weighted by Gasteiger charge is 2.35. The number of rotatable bonds is 5. The molecular formula is C21H20N4O4S. The molecule has 0 N–H and O–H groups in total. The van der Waals surface area contributed by atoms with E-state index < -0.39 is 4.92 Å². The van der Waals surface area contributed by atoms with Crippen LogP contribution in [0.2, 0.25) is 0 Å². The summed E-state index contributed by atoms with van der Waals surface area (Å²) in [7, 11) is 0. The van der Waals surface area contributed by atoms with Crippen molar-refractivity contribution in [1.82, 2.24) is 9.80 Å². The van der Waals surface area contributed by atoms with Gasteiger partial charge < -0.3 is 4.74 Å². The molecule has 9 heteroatoms. The van der Waals surface area contributed by atoms with E-state index in [-0.39, 0.29) is 11.6 Å². The van der Waals surface area contributed by atoms with Gasteiger partial charge in [0.15, 0.2) is 5.17 Å². The molecule has 4 rings (SSSR count). The molecule has 0 aromatic heterocycles. The first kappa shape index (κ1) is 20.3. The van der Waals surface area contributed by atoms with Gasteiger partial charge >= 0.3 is 0 Å². The number of benzene rings is 2. The van der Waals surface area contributed by atoms with E-state index in [1.54, 1.807) is 23.1 Å². The van der Waals surface area contributed by atoms with Crippen molar-refractivity contribution in [2.75, 3.05) is 33.0 Å². The number of aliphatic imine (C=N–C) groups is 1. The Labute approximate surface area is 178 Å². The summed E-state index contributed by atoms with van der Waals surface area (Å²) >= 11 is 1.28. The Kier molecular flexibility index (Phi) is 6.22. The Morgan fingerprint density at radius 3 is 2.63 bits per heavy atom. The summed E-state index contributed by atoms with van der Waals surface area (Å²) in [6.45, 7) is 3.19. The van der Waals surface area contributed by atoms with Gasteiger partial charge in [-0.1, -0.05) is 30.3 Å². The number of non-ortho nitro benzene ring substituents is 1. The molecule has 2 aliphatic heterocycles. The Bertz CT molecular complexity index is 1000. The third-order valence-corrected chi connectivity index (χ3v) is 5.70. The molecule has 0 saturated carbocycles. The van der Waals surface area contributed by atoms with Crippen LogP contribution in [0.25, 0.3) is 6.08 Å². The molecule has 2 aliphatic rings. The second-order valence-corrected chi connectivity index (χ2v) is 7.81. The Hall–Kier alpha value is -3.01. The highest BCUT2D eigenvalue weighted by Crippen LogP contribution is 2.34. The first-order chi connectivity index (χ1) is 14.6. The van der Waals surface area contributed by atoms with Crippen molar-refractivity contribution in [2.24, 2.45) is 4.99 Å². The maximum absolute atomic E-state index is 13.2. The predicted octanol–water partition coefficient (Wildman–Crippen LogP) is 3.49. The highest BCUT2D eigenvalue weighted by atomic mass is 32.2. The number of carbonyl (C=O) groups is 1. The molecule has 0 atom stereocenters. The molecule has 2 heterocycles.